The first-order chi connectivity index (χ1) is 7.36. The van der Waals surface area contributed by atoms with Crippen LogP contribution in [0.25, 0.3) is 0 Å². The molecule has 0 bridgehead atoms. The summed E-state index contributed by atoms with van der Waals surface area (Å²) in [5.74, 6) is 0.789. The highest BCUT2D eigenvalue weighted by atomic mass is 14.8. The largest absolute Gasteiger partial charge is 0.253 e. The van der Waals surface area contributed by atoms with E-state index in [0.29, 0.717) is 0 Å². The Balaban J connectivity index is 2.04. The third-order valence-electron chi connectivity index (χ3n) is 3.74. The quantitative estimate of drug-likeness (QED) is 0.609. The molecular weight excluding hydrogens is 182 g/mol. The van der Waals surface area contributed by atoms with Crippen LogP contribution in [0.5, 0.6) is 0 Å². The van der Waals surface area contributed by atoms with E-state index in [1.165, 1.54) is 42.7 Å². The van der Waals surface area contributed by atoms with E-state index in [-0.39, 0.29) is 0 Å². The summed E-state index contributed by atoms with van der Waals surface area (Å²) in [4.78, 5) is 4.69. The summed E-state index contributed by atoms with van der Waals surface area (Å²) >= 11 is 0. The van der Waals surface area contributed by atoms with Crippen molar-refractivity contribution in [1.29, 1.82) is 0 Å². The standard InChI is InChI=1S/C14H17N/c1-10-14(11-6-2-3-7-11)12-8-4-5-9-13(12)15-10/h4,8-9,11H,2-3,5-7H2,1H3. The molecule has 0 aromatic rings. The van der Waals surface area contributed by atoms with E-state index in [1.807, 2.05) is 0 Å². The smallest absolute Gasteiger partial charge is 0.0672 e. The van der Waals surface area contributed by atoms with Gasteiger partial charge in [0.2, 0.25) is 0 Å². The number of allylic oxidation sites excluding steroid dienone is 4. The molecule has 0 aromatic carbocycles. The van der Waals surface area contributed by atoms with Crippen molar-refractivity contribution in [2.24, 2.45) is 10.9 Å². The molecule has 0 aromatic heterocycles. The molecular formula is C14H17N. The van der Waals surface area contributed by atoms with Crippen molar-refractivity contribution in [3.63, 3.8) is 0 Å². The van der Waals surface area contributed by atoms with Gasteiger partial charge in [-0.05, 0) is 37.7 Å². The van der Waals surface area contributed by atoms with Crippen molar-refractivity contribution in [1.82, 2.24) is 0 Å². The second-order valence-electron chi connectivity index (χ2n) is 4.73. The summed E-state index contributed by atoms with van der Waals surface area (Å²) < 4.78 is 0. The average Bonchev–Trinajstić information content (AvgIpc) is 2.82. The Morgan fingerprint density at radius 2 is 2.07 bits per heavy atom. The van der Waals surface area contributed by atoms with Crippen molar-refractivity contribution < 1.29 is 0 Å². The minimum absolute atomic E-state index is 0.789. The van der Waals surface area contributed by atoms with Gasteiger partial charge in [-0.15, -0.1) is 0 Å². The lowest BCUT2D eigenvalue weighted by molar-refractivity contribution is 0.664. The van der Waals surface area contributed by atoms with E-state index in [4.69, 9.17) is 0 Å². The fourth-order valence-electron chi connectivity index (χ4n) is 3.06. The molecule has 0 atom stereocenters. The van der Waals surface area contributed by atoms with Crippen molar-refractivity contribution in [3.05, 3.63) is 35.1 Å². The molecule has 0 N–H and O–H groups in total. The molecule has 2 aliphatic carbocycles. The van der Waals surface area contributed by atoms with Gasteiger partial charge in [-0.25, -0.2) is 0 Å². The van der Waals surface area contributed by atoms with Gasteiger partial charge in [-0.1, -0.05) is 31.1 Å². The van der Waals surface area contributed by atoms with Gasteiger partial charge >= 0.3 is 0 Å². The highest BCUT2D eigenvalue weighted by Crippen LogP contribution is 2.40. The predicted octanol–water partition coefficient (Wildman–Crippen LogP) is 3.79. The minimum Gasteiger partial charge on any atom is -0.253 e. The van der Waals surface area contributed by atoms with Crippen molar-refractivity contribution in [3.8, 4) is 0 Å². The van der Waals surface area contributed by atoms with Crippen LogP contribution in [0.1, 0.15) is 39.0 Å². The third kappa shape index (κ3) is 1.41. The van der Waals surface area contributed by atoms with E-state index < -0.39 is 0 Å². The molecule has 0 saturated heterocycles. The van der Waals surface area contributed by atoms with Gasteiger partial charge < -0.3 is 0 Å². The van der Waals surface area contributed by atoms with Crippen molar-refractivity contribution in [2.75, 3.05) is 0 Å². The van der Waals surface area contributed by atoms with Crippen LogP contribution >= 0.6 is 0 Å². The van der Waals surface area contributed by atoms with Crippen LogP contribution < -0.4 is 0 Å². The lowest BCUT2D eigenvalue weighted by Crippen LogP contribution is -2.06. The van der Waals surface area contributed by atoms with Gasteiger partial charge in [0.1, 0.15) is 0 Å². The van der Waals surface area contributed by atoms with Gasteiger partial charge in [0.25, 0.3) is 0 Å². The molecule has 78 valence electrons. The molecule has 1 nitrogen and oxygen atoms in total. The SMILES string of the molecule is CC1=NC2=CCC=CC2=C1C1CCCC1. The van der Waals surface area contributed by atoms with Crippen LogP contribution in [0, 0.1) is 5.92 Å². The molecule has 1 saturated carbocycles. The first-order valence-electron chi connectivity index (χ1n) is 6.03. The van der Waals surface area contributed by atoms with Crippen molar-refractivity contribution >= 4 is 5.71 Å². The first kappa shape index (κ1) is 9.14. The molecule has 1 heterocycles. The van der Waals surface area contributed by atoms with Crippen LogP contribution in [0.15, 0.2) is 40.1 Å². The second kappa shape index (κ2) is 3.48. The Morgan fingerprint density at radius 1 is 1.27 bits per heavy atom. The summed E-state index contributed by atoms with van der Waals surface area (Å²) in [5, 5.41) is 0. The molecule has 1 aliphatic heterocycles. The maximum atomic E-state index is 4.69. The van der Waals surface area contributed by atoms with Gasteiger partial charge in [0, 0.05) is 11.3 Å². The Labute approximate surface area is 91.3 Å². The fraction of sp³-hybridized carbons (Fsp3) is 0.500. The van der Waals surface area contributed by atoms with Gasteiger partial charge in [-0.3, -0.25) is 4.99 Å². The Bertz CT molecular complexity index is 401. The van der Waals surface area contributed by atoms with Crippen LogP contribution in [0.3, 0.4) is 0 Å². The zero-order chi connectivity index (χ0) is 10.3. The molecule has 1 heteroatoms. The molecule has 0 spiro atoms. The number of nitrogens with zero attached hydrogens (tertiary/aromatic N) is 1. The summed E-state index contributed by atoms with van der Waals surface area (Å²) in [6.07, 6.45) is 13.4. The normalized spacial score (nSPS) is 25.7. The van der Waals surface area contributed by atoms with Crippen LogP contribution in [0.4, 0.5) is 0 Å². The molecule has 0 radical (unpaired) electrons. The fourth-order valence-corrected chi connectivity index (χ4v) is 3.06. The highest BCUT2D eigenvalue weighted by molar-refractivity contribution is 6.04. The minimum atomic E-state index is 0.789. The Morgan fingerprint density at radius 3 is 2.87 bits per heavy atom. The van der Waals surface area contributed by atoms with E-state index in [1.54, 1.807) is 5.57 Å². The van der Waals surface area contributed by atoms with Gasteiger partial charge in [-0.2, -0.15) is 0 Å². The van der Waals surface area contributed by atoms with Crippen LogP contribution in [-0.4, -0.2) is 5.71 Å². The lowest BCUT2D eigenvalue weighted by Gasteiger charge is -2.13. The first-order valence-corrected chi connectivity index (χ1v) is 6.03. The number of aliphatic imine (C=N–C) groups is 1. The average molecular weight is 199 g/mol. The third-order valence-corrected chi connectivity index (χ3v) is 3.74. The summed E-state index contributed by atoms with van der Waals surface area (Å²) in [5.41, 5.74) is 5.48. The number of hydrogen-bond acceptors (Lipinski definition) is 1. The topological polar surface area (TPSA) is 12.4 Å². The van der Waals surface area contributed by atoms with E-state index in [9.17, 15) is 0 Å². The molecule has 0 unspecified atom stereocenters. The van der Waals surface area contributed by atoms with E-state index in [0.717, 1.165) is 12.3 Å². The maximum absolute atomic E-state index is 4.69. The van der Waals surface area contributed by atoms with Crippen molar-refractivity contribution in [2.45, 2.75) is 39.0 Å². The molecule has 0 amide bonds. The molecule has 15 heavy (non-hydrogen) atoms. The highest BCUT2D eigenvalue weighted by Gasteiger charge is 2.28. The zero-order valence-corrected chi connectivity index (χ0v) is 9.29. The predicted molar refractivity (Wildman–Crippen MR) is 63.9 cm³/mol. The van der Waals surface area contributed by atoms with Gasteiger partial charge in [0.15, 0.2) is 0 Å². The molecule has 3 aliphatic rings. The number of rotatable bonds is 1. The maximum Gasteiger partial charge on any atom is 0.0672 e. The molecule has 1 fully saturated rings. The number of fused-ring (bicyclic) bond motifs is 1. The van der Waals surface area contributed by atoms with Gasteiger partial charge in [0.05, 0.1) is 5.70 Å². The molecule has 3 rings (SSSR count). The summed E-state index contributed by atoms with van der Waals surface area (Å²) in [6, 6.07) is 0. The second-order valence-corrected chi connectivity index (χ2v) is 4.73. The van der Waals surface area contributed by atoms with E-state index >= 15 is 0 Å². The summed E-state index contributed by atoms with van der Waals surface area (Å²) in [7, 11) is 0. The van der Waals surface area contributed by atoms with E-state index in [2.05, 4.69) is 30.1 Å². The monoisotopic (exact) mass is 199 g/mol. The number of hydrogen-bond donors (Lipinski definition) is 0. The van der Waals surface area contributed by atoms with Crippen LogP contribution in [-0.2, 0) is 0 Å². The Kier molecular flexibility index (Phi) is 2.12. The zero-order valence-electron chi connectivity index (χ0n) is 9.29. The van der Waals surface area contributed by atoms with Crippen LogP contribution in [0.2, 0.25) is 0 Å². The Hall–Kier alpha value is -1.11. The summed E-state index contributed by atoms with van der Waals surface area (Å²) in [6.45, 7) is 2.17. The lowest BCUT2D eigenvalue weighted by atomic mass is 9.89.